The van der Waals surface area contributed by atoms with Crippen molar-refractivity contribution < 1.29 is 9.45 Å². The maximum Gasteiger partial charge on any atom is 0.273 e. The standard InChI is InChI=1S/C13H16N4O3/c1-9(16(2)3)13-14-12(15-20-13)8-10-6-4-5-7-11(10)17(18)19/h4-7,9H,8H2,1-3H3/t9-/m1/s1. The minimum atomic E-state index is -0.404. The molecule has 1 heterocycles. The van der Waals surface area contributed by atoms with Gasteiger partial charge in [0.1, 0.15) is 0 Å². The van der Waals surface area contributed by atoms with Gasteiger partial charge < -0.3 is 4.52 Å². The topological polar surface area (TPSA) is 85.3 Å². The molecule has 0 aliphatic rings. The second-order valence-electron chi connectivity index (χ2n) is 4.75. The summed E-state index contributed by atoms with van der Waals surface area (Å²) in [5.74, 6) is 0.951. The Bertz CT molecular complexity index is 609. The Labute approximate surface area is 116 Å². The highest BCUT2D eigenvalue weighted by Crippen LogP contribution is 2.21. The highest BCUT2D eigenvalue weighted by atomic mass is 16.6. The second-order valence-corrected chi connectivity index (χ2v) is 4.75. The molecule has 0 saturated heterocycles. The first kappa shape index (κ1) is 14.1. The maximum absolute atomic E-state index is 10.9. The quantitative estimate of drug-likeness (QED) is 0.614. The van der Waals surface area contributed by atoms with Crippen LogP contribution < -0.4 is 0 Å². The van der Waals surface area contributed by atoms with E-state index >= 15 is 0 Å². The van der Waals surface area contributed by atoms with Gasteiger partial charge in [0, 0.05) is 18.1 Å². The lowest BCUT2D eigenvalue weighted by atomic mass is 10.1. The molecular weight excluding hydrogens is 260 g/mol. The van der Waals surface area contributed by atoms with Gasteiger partial charge in [-0.15, -0.1) is 0 Å². The van der Waals surface area contributed by atoms with Gasteiger partial charge in [-0.25, -0.2) is 0 Å². The molecule has 7 heteroatoms. The van der Waals surface area contributed by atoms with Crippen molar-refractivity contribution in [3.05, 3.63) is 51.7 Å². The largest absolute Gasteiger partial charge is 0.338 e. The molecule has 0 fully saturated rings. The Balaban J connectivity index is 2.21. The van der Waals surface area contributed by atoms with Crippen LogP contribution in [0.1, 0.15) is 30.2 Å². The fourth-order valence-corrected chi connectivity index (χ4v) is 1.74. The summed E-state index contributed by atoms with van der Waals surface area (Å²) in [7, 11) is 3.83. The number of rotatable bonds is 5. The van der Waals surface area contributed by atoms with Gasteiger partial charge in [-0.1, -0.05) is 23.4 Å². The van der Waals surface area contributed by atoms with Crippen LogP contribution in [0.3, 0.4) is 0 Å². The van der Waals surface area contributed by atoms with Crippen LogP contribution in [0.2, 0.25) is 0 Å². The average molecular weight is 276 g/mol. The number of aromatic nitrogens is 2. The van der Waals surface area contributed by atoms with Gasteiger partial charge in [0.05, 0.1) is 11.0 Å². The molecule has 7 nitrogen and oxygen atoms in total. The molecule has 0 saturated carbocycles. The summed E-state index contributed by atoms with van der Waals surface area (Å²) < 4.78 is 5.19. The zero-order valence-corrected chi connectivity index (χ0v) is 11.6. The molecule has 1 aromatic carbocycles. The maximum atomic E-state index is 10.9. The van der Waals surface area contributed by atoms with Crippen LogP contribution >= 0.6 is 0 Å². The van der Waals surface area contributed by atoms with Gasteiger partial charge in [-0.05, 0) is 21.0 Å². The lowest BCUT2D eigenvalue weighted by Gasteiger charge is -2.14. The molecule has 0 radical (unpaired) electrons. The molecule has 0 aliphatic heterocycles. The van der Waals surface area contributed by atoms with Crippen LogP contribution in [0, 0.1) is 10.1 Å². The third kappa shape index (κ3) is 3.00. The van der Waals surface area contributed by atoms with E-state index in [1.165, 1.54) is 6.07 Å². The Morgan fingerprint density at radius 3 is 2.75 bits per heavy atom. The molecule has 0 amide bonds. The van der Waals surface area contributed by atoms with Crippen LogP contribution in [-0.2, 0) is 6.42 Å². The fraction of sp³-hybridized carbons (Fsp3) is 0.385. The molecule has 1 atom stereocenters. The molecule has 1 aromatic heterocycles. The predicted octanol–water partition coefficient (Wildman–Crippen LogP) is 2.19. The third-order valence-corrected chi connectivity index (χ3v) is 3.15. The van der Waals surface area contributed by atoms with Gasteiger partial charge >= 0.3 is 0 Å². The fourth-order valence-electron chi connectivity index (χ4n) is 1.74. The van der Waals surface area contributed by atoms with Crippen LogP contribution in [-0.4, -0.2) is 34.1 Å². The first-order chi connectivity index (χ1) is 9.49. The summed E-state index contributed by atoms with van der Waals surface area (Å²) in [6.45, 7) is 1.95. The van der Waals surface area contributed by atoms with Crippen molar-refractivity contribution in [2.45, 2.75) is 19.4 Å². The van der Waals surface area contributed by atoms with E-state index in [2.05, 4.69) is 10.1 Å². The molecular formula is C13H16N4O3. The summed E-state index contributed by atoms with van der Waals surface area (Å²) in [5, 5.41) is 14.8. The van der Waals surface area contributed by atoms with Crippen molar-refractivity contribution in [3.8, 4) is 0 Å². The molecule has 0 aliphatic carbocycles. The molecule has 106 valence electrons. The van der Waals surface area contributed by atoms with E-state index in [1.54, 1.807) is 18.2 Å². The van der Waals surface area contributed by atoms with Crippen LogP contribution in [0.25, 0.3) is 0 Å². The molecule has 0 spiro atoms. The van der Waals surface area contributed by atoms with E-state index in [0.717, 1.165) is 0 Å². The van der Waals surface area contributed by atoms with Crippen molar-refractivity contribution in [2.75, 3.05) is 14.1 Å². The van der Waals surface area contributed by atoms with E-state index < -0.39 is 4.92 Å². The van der Waals surface area contributed by atoms with Crippen molar-refractivity contribution in [1.29, 1.82) is 0 Å². The number of hydrogen-bond acceptors (Lipinski definition) is 6. The molecule has 2 aromatic rings. The lowest BCUT2D eigenvalue weighted by Crippen LogP contribution is -2.17. The first-order valence-electron chi connectivity index (χ1n) is 6.20. The van der Waals surface area contributed by atoms with Crippen molar-refractivity contribution in [1.82, 2.24) is 15.0 Å². The van der Waals surface area contributed by atoms with Gasteiger partial charge in [-0.2, -0.15) is 4.98 Å². The van der Waals surface area contributed by atoms with E-state index in [0.29, 0.717) is 17.3 Å². The van der Waals surface area contributed by atoms with Crippen molar-refractivity contribution in [3.63, 3.8) is 0 Å². The number of nitro groups is 1. The van der Waals surface area contributed by atoms with E-state index in [-0.39, 0.29) is 18.2 Å². The summed E-state index contributed by atoms with van der Waals surface area (Å²) in [6, 6.07) is 6.56. The SMILES string of the molecule is C[C@H](c1nc(Cc2ccccc2[N+](=O)[O-])no1)N(C)C. The first-order valence-corrected chi connectivity index (χ1v) is 6.20. The van der Waals surface area contributed by atoms with Gasteiger partial charge in [0.15, 0.2) is 5.82 Å². The minimum absolute atomic E-state index is 0.00186. The van der Waals surface area contributed by atoms with Crippen LogP contribution in [0.4, 0.5) is 5.69 Å². The van der Waals surface area contributed by atoms with Crippen LogP contribution in [0.5, 0.6) is 0 Å². The summed E-state index contributed by atoms with van der Waals surface area (Å²) >= 11 is 0. The number of para-hydroxylation sites is 1. The summed E-state index contributed by atoms with van der Waals surface area (Å²) in [6.07, 6.45) is 0.279. The monoisotopic (exact) mass is 276 g/mol. The molecule has 20 heavy (non-hydrogen) atoms. The minimum Gasteiger partial charge on any atom is -0.338 e. The van der Waals surface area contributed by atoms with Gasteiger partial charge in [-0.3, -0.25) is 15.0 Å². The van der Waals surface area contributed by atoms with E-state index in [4.69, 9.17) is 4.52 Å². The van der Waals surface area contributed by atoms with Crippen LogP contribution in [0.15, 0.2) is 28.8 Å². The normalized spacial score (nSPS) is 12.6. The second kappa shape index (κ2) is 5.79. The highest BCUT2D eigenvalue weighted by molar-refractivity contribution is 5.41. The molecule has 0 unspecified atom stereocenters. The highest BCUT2D eigenvalue weighted by Gasteiger charge is 2.19. The zero-order chi connectivity index (χ0) is 14.7. The van der Waals surface area contributed by atoms with Crippen molar-refractivity contribution >= 4 is 5.69 Å². The number of benzene rings is 1. The third-order valence-electron chi connectivity index (χ3n) is 3.15. The molecule has 0 N–H and O–H groups in total. The Hall–Kier alpha value is -2.28. The average Bonchev–Trinajstić information content (AvgIpc) is 2.86. The van der Waals surface area contributed by atoms with E-state index in [9.17, 15) is 10.1 Å². The zero-order valence-electron chi connectivity index (χ0n) is 11.6. The molecule has 2 rings (SSSR count). The summed E-state index contributed by atoms with van der Waals surface area (Å²) in [4.78, 5) is 16.8. The van der Waals surface area contributed by atoms with E-state index in [1.807, 2.05) is 25.9 Å². The smallest absolute Gasteiger partial charge is 0.273 e. The molecule has 0 bridgehead atoms. The predicted molar refractivity (Wildman–Crippen MR) is 72.3 cm³/mol. The summed E-state index contributed by atoms with van der Waals surface area (Å²) in [5.41, 5.74) is 0.641. The van der Waals surface area contributed by atoms with Crippen molar-refractivity contribution in [2.24, 2.45) is 0 Å². The van der Waals surface area contributed by atoms with Gasteiger partial charge in [0.2, 0.25) is 5.89 Å². The number of nitrogens with zero attached hydrogens (tertiary/aromatic N) is 4. The Morgan fingerprint density at radius 1 is 1.40 bits per heavy atom. The van der Waals surface area contributed by atoms with Gasteiger partial charge in [0.25, 0.3) is 5.69 Å². The Kier molecular flexibility index (Phi) is 4.09. The lowest BCUT2D eigenvalue weighted by molar-refractivity contribution is -0.385. The Morgan fingerprint density at radius 2 is 2.10 bits per heavy atom. The number of nitro benzene ring substituents is 1. The number of hydrogen-bond donors (Lipinski definition) is 0.